The first-order valence-electron chi connectivity index (χ1n) is 7.52. The highest BCUT2D eigenvalue weighted by Crippen LogP contribution is 2.33. The average molecular weight is 353 g/mol. The zero-order chi connectivity index (χ0) is 17.2. The molecule has 25 heavy (non-hydrogen) atoms. The molecule has 0 bridgehead atoms. The second-order valence-corrected chi connectivity index (χ2v) is 5.74. The molecule has 2 heterocycles. The fourth-order valence-electron chi connectivity index (χ4n) is 2.55. The minimum atomic E-state index is 0.398. The molecule has 0 spiro atoms. The van der Waals surface area contributed by atoms with Gasteiger partial charge in [-0.05, 0) is 24.3 Å². The highest BCUT2D eigenvalue weighted by molar-refractivity contribution is 6.30. The Bertz CT molecular complexity index is 1050. The van der Waals surface area contributed by atoms with Gasteiger partial charge in [0.15, 0.2) is 0 Å². The van der Waals surface area contributed by atoms with E-state index < -0.39 is 0 Å². The number of nitrogens with zero attached hydrogens (tertiary/aromatic N) is 3. The first-order chi connectivity index (χ1) is 12.2. The van der Waals surface area contributed by atoms with Crippen molar-refractivity contribution in [3.05, 3.63) is 59.9 Å². The van der Waals surface area contributed by atoms with Crippen LogP contribution in [0.5, 0.6) is 5.75 Å². The van der Waals surface area contributed by atoms with Gasteiger partial charge in [0.05, 0.1) is 7.11 Å². The fourth-order valence-corrected chi connectivity index (χ4v) is 2.74. The third kappa shape index (κ3) is 2.99. The van der Waals surface area contributed by atoms with Gasteiger partial charge in [-0.1, -0.05) is 35.0 Å². The molecule has 0 aliphatic rings. The molecule has 0 saturated carbocycles. The van der Waals surface area contributed by atoms with E-state index >= 15 is 0 Å². The summed E-state index contributed by atoms with van der Waals surface area (Å²) < 4.78 is 10.6. The molecule has 2 aromatic carbocycles. The van der Waals surface area contributed by atoms with E-state index in [1.54, 1.807) is 13.2 Å². The van der Waals surface area contributed by atoms with E-state index in [4.69, 9.17) is 20.9 Å². The number of hydrogen-bond acceptors (Lipinski definition) is 6. The molecule has 0 atom stereocenters. The minimum absolute atomic E-state index is 0.398. The molecular weight excluding hydrogens is 340 g/mol. The zero-order valence-electron chi connectivity index (χ0n) is 13.2. The summed E-state index contributed by atoms with van der Waals surface area (Å²) in [7, 11) is 1.62. The van der Waals surface area contributed by atoms with Crippen molar-refractivity contribution in [1.82, 2.24) is 15.1 Å². The molecule has 4 rings (SSSR count). The van der Waals surface area contributed by atoms with Gasteiger partial charge in [0, 0.05) is 22.3 Å². The molecule has 0 aliphatic carbocycles. The van der Waals surface area contributed by atoms with Crippen molar-refractivity contribution < 1.29 is 9.26 Å². The number of methoxy groups -OCH3 is 1. The van der Waals surface area contributed by atoms with Gasteiger partial charge in [-0.25, -0.2) is 4.98 Å². The lowest BCUT2D eigenvalue weighted by molar-refractivity contribution is 0.415. The van der Waals surface area contributed by atoms with Gasteiger partial charge >= 0.3 is 0 Å². The molecule has 0 fully saturated rings. The van der Waals surface area contributed by atoms with E-state index in [-0.39, 0.29) is 0 Å². The first-order valence-corrected chi connectivity index (χ1v) is 7.90. The molecule has 2 aromatic heterocycles. The summed E-state index contributed by atoms with van der Waals surface area (Å²) in [6.07, 6.45) is 1.43. The Morgan fingerprint density at radius 1 is 1.08 bits per heavy atom. The summed E-state index contributed by atoms with van der Waals surface area (Å²) >= 11 is 6.10. The number of rotatable bonds is 4. The Hall–Kier alpha value is -3.12. The molecule has 6 nitrogen and oxygen atoms in total. The zero-order valence-corrected chi connectivity index (χ0v) is 14.0. The SMILES string of the molecule is COc1cccc(Nc2ncnc3onc(-c4cccc(Cl)c4)c23)c1. The molecule has 124 valence electrons. The van der Waals surface area contributed by atoms with Crippen molar-refractivity contribution in [3.8, 4) is 17.0 Å². The molecule has 0 unspecified atom stereocenters. The lowest BCUT2D eigenvalue weighted by Crippen LogP contribution is -1.96. The number of halogens is 1. The van der Waals surface area contributed by atoms with Gasteiger partial charge in [-0.3, -0.25) is 0 Å². The third-order valence-electron chi connectivity index (χ3n) is 3.70. The second-order valence-electron chi connectivity index (χ2n) is 5.30. The van der Waals surface area contributed by atoms with Crippen LogP contribution in [0.2, 0.25) is 5.02 Å². The number of nitrogens with one attached hydrogen (secondary N) is 1. The Morgan fingerprint density at radius 2 is 1.96 bits per heavy atom. The molecule has 4 aromatic rings. The van der Waals surface area contributed by atoms with Crippen molar-refractivity contribution in [2.24, 2.45) is 0 Å². The largest absolute Gasteiger partial charge is 0.497 e. The Morgan fingerprint density at radius 3 is 2.80 bits per heavy atom. The summed E-state index contributed by atoms with van der Waals surface area (Å²) in [5.74, 6) is 1.34. The highest BCUT2D eigenvalue weighted by Gasteiger charge is 2.17. The van der Waals surface area contributed by atoms with Crippen LogP contribution in [-0.2, 0) is 0 Å². The maximum Gasteiger partial charge on any atom is 0.263 e. The molecule has 0 saturated heterocycles. The van der Waals surface area contributed by atoms with Crippen LogP contribution in [0, 0.1) is 0 Å². The van der Waals surface area contributed by atoms with Crippen molar-refractivity contribution in [2.75, 3.05) is 12.4 Å². The summed E-state index contributed by atoms with van der Waals surface area (Å²) in [5, 5.41) is 8.72. The van der Waals surface area contributed by atoms with E-state index in [9.17, 15) is 0 Å². The van der Waals surface area contributed by atoms with Gasteiger partial charge in [0.1, 0.15) is 29.0 Å². The Kier molecular flexibility index (Phi) is 3.95. The standard InChI is InChI=1S/C18H13ClN4O2/c1-24-14-7-3-6-13(9-14)22-17-15-16(11-4-2-5-12(19)8-11)23-25-18(15)21-10-20-17/h2-10H,1H3,(H,20,21,22). The van der Waals surface area contributed by atoms with Crippen molar-refractivity contribution in [1.29, 1.82) is 0 Å². The van der Waals surface area contributed by atoms with Gasteiger partial charge in [0.25, 0.3) is 5.71 Å². The van der Waals surface area contributed by atoms with Crippen molar-refractivity contribution >= 4 is 34.2 Å². The van der Waals surface area contributed by atoms with Gasteiger partial charge < -0.3 is 14.6 Å². The Labute approximate surface area is 148 Å². The van der Waals surface area contributed by atoms with Crippen molar-refractivity contribution in [3.63, 3.8) is 0 Å². The van der Waals surface area contributed by atoms with E-state index in [2.05, 4.69) is 20.4 Å². The minimum Gasteiger partial charge on any atom is -0.497 e. The number of benzene rings is 2. The number of aromatic nitrogens is 3. The Balaban J connectivity index is 1.83. The molecule has 0 aliphatic heterocycles. The molecular formula is C18H13ClN4O2. The predicted molar refractivity (Wildman–Crippen MR) is 96.3 cm³/mol. The summed E-state index contributed by atoms with van der Waals surface area (Å²) in [6.45, 7) is 0. The molecule has 1 N–H and O–H groups in total. The fraction of sp³-hybridized carbons (Fsp3) is 0.0556. The van der Waals surface area contributed by atoms with Crippen LogP contribution >= 0.6 is 11.6 Å². The molecule has 0 radical (unpaired) electrons. The lowest BCUT2D eigenvalue weighted by Gasteiger charge is -2.08. The number of ether oxygens (including phenoxy) is 1. The second kappa shape index (κ2) is 6.41. The van der Waals surface area contributed by atoms with Crippen LogP contribution < -0.4 is 10.1 Å². The first kappa shape index (κ1) is 15.4. The van der Waals surface area contributed by atoms with Crippen LogP contribution in [-0.4, -0.2) is 22.2 Å². The summed E-state index contributed by atoms with van der Waals surface area (Å²) in [6, 6.07) is 15.0. The monoisotopic (exact) mass is 352 g/mol. The highest BCUT2D eigenvalue weighted by atomic mass is 35.5. The van der Waals surface area contributed by atoms with Crippen LogP contribution in [0.15, 0.2) is 59.4 Å². The quantitative estimate of drug-likeness (QED) is 0.574. The maximum absolute atomic E-state index is 6.10. The third-order valence-corrected chi connectivity index (χ3v) is 3.94. The maximum atomic E-state index is 6.10. The normalized spacial score (nSPS) is 10.8. The molecule has 0 amide bonds. The summed E-state index contributed by atoms with van der Waals surface area (Å²) in [4.78, 5) is 8.49. The average Bonchev–Trinajstić information content (AvgIpc) is 3.07. The van der Waals surface area contributed by atoms with E-state index in [0.29, 0.717) is 27.6 Å². The van der Waals surface area contributed by atoms with Crippen LogP contribution in [0.4, 0.5) is 11.5 Å². The smallest absolute Gasteiger partial charge is 0.263 e. The van der Waals surface area contributed by atoms with E-state index in [1.165, 1.54) is 6.33 Å². The van der Waals surface area contributed by atoms with Gasteiger partial charge in [-0.15, -0.1) is 0 Å². The molecule has 7 heteroatoms. The van der Waals surface area contributed by atoms with E-state index in [0.717, 1.165) is 17.0 Å². The van der Waals surface area contributed by atoms with Crippen LogP contribution in [0.3, 0.4) is 0 Å². The van der Waals surface area contributed by atoms with Gasteiger partial charge in [-0.2, -0.15) is 4.98 Å². The van der Waals surface area contributed by atoms with Crippen molar-refractivity contribution in [2.45, 2.75) is 0 Å². The number of fused-ring (bicyclic) bond motifs is 1. The summed E-state index contributed by atoms with van der Waals surface area (Å²) in [5.41, 5.74) is 2.69. The lowest BCUT2D eigenvalue weighted by atomic mass is 10.1. The van der Waals surface area contributed by atoms with Gasteiger partial charge in [0.2, 0.25) is 0 Å². The number of anilines is 2. The van der Waals surface area contributed by atoms with E-state index in [1.807, 2.05) is 42.5 Å². The number of hydrogen-bond donors (Lipinski definition) is 1. The topological polar surface area (TPSA) is 73.1 Å². The van der Waals surface area contributed by atoms with Crippen LogP contribution in [0.25, 0.3) is 22.4 Å². The van der Waals surface area contributed by atoms with Crippen LogP contribution in [0.1, 0.15) is 0 Å². The predicted octanol–water partition coefficient (Wildman–Crippen LogP) is 4.69.